The molecule has 3 N–H and O–H groups in total. The molecule has 0 radical (unpaired) electrons. The Balaban J connectivity index is 0.000000479. The molecule has 46 heavy (non-hydrogen) atoms. The number of hydrogen-bond acceptors (Lipinski definition) is 5. The van der Waals surface area contributed by atoms with Crippen LogP contribution in [0.15, 0.2) is 78.9 Å². The normalized spacial score (nSPS) is 13.1. The number of carbonyl (C=O) groups excluding carboxylic acids is 1. The van der Waals surface area contributed by atoms with E-state index in [1.165, 1.54) is 0 Å². The highest BCUT2D eigenvalue weighted by Gasteiger charge is 2.39. The van der Waals surface area contributed by atoms with Crippen molar-refractivity contribution < 1.29 is 18.4 Å². The van der Waals surface area contributed by atoms with Gasteiger partial charge in [-0.25, -0.2) is 4.79 Å². The van der Waals surface area contributed by atoms with Crippen LogP contribution >= 0.6 is 0 Å². The van der Waals surface area contributed by atoms with Crippen LogP contribution in [-0.2, 0) is 11.3 Å². The summed E-state index contributed by atoms with van der Waals surface area (Å²) < 4.78 is 17.8. The van der Waals surface area contributed by atoms with Crippen molar-refractivity contribution >= 4 is 22.7 Å². The molecule has 0 saturated carbocycles. The molecule has 2 atom stereocenters. The summed E-state index contributed by atoms with van der Waals surface area (Å²) in [4.78, 5) is 12.0. The van der Waals surface area contributed by atoms with Gasteiger partial charge in [-0.05, 0) is 91.1 Å². The Labute approximate surface area is 282 Å². The Hall–Kier alpha value is -3.08. The van der Waals surface area contributed by atoms with Crippen LogP contribution in [0.25, 0.3) is 0 Å². The van der Waals surface area contributed by atoms with Crippen LogP contribution < -0.4 is 19.9 Å². The van der Waals surface area contributed by atoms with E-state index < -0.39 is 22.7 Å². The third-order valence-corrected chi connectivity index (χ3v) is 17.4. The van der Waals surface area contributed by atoms with Crippen LogP contribution in [0.2, 0.25) is 36.3 Å². The predicted octanol–water partition coefficient (Wildman–Crippen LogP) is 11.2. The minimum Gasteiger partial charge on any atom is -0.544 e. The van der Waals surface area contributed by atoms with E-state index in [0.29, 0.717) is 0 Å². The van der Waals surface area contributed by atoms with Crippen molar-refractivity contribution in [2.24, 2.45) is 5.73 Å². The number of alkyl carbamates (subject to hydrolysis) is 1. The summed E-state index contributed by atoms with van der Waals surface area (Å²) in [7, 11) is -3.57. The Morgan fingerprint density at radius 3 is 1.46 bits per heavy atom. The van der Waals surface area contributed by atoms with E-state index in [2.05, 4.69) is 73.0 Å². The Morgan fingerprint density at radius 2 is 1.09 bits per heavy atom. The number of ether oxygens (including phenoxy) is 1. The molecule has 0 aliphatic heterocycles. The van der Waals surface area contributed by atoms with E-state index in [1.54, 1.807) is 0 Å². The minimum atomic E-state index is -1.85. The van der Waals surface area contributed by atoms with Gasteiger partial charge in [0.1, 0.15) is 18.1 Å². The second-order valence-electron chi connectivity index (χ2n) is 14.6. The minimum absolute atomic E-state index is 0.0805. The molecule has 0 bridgehead atoms. The molecule has 3 rings (SSSR count). The molecule has 1 amide bonds. The van der Waals surface area contributed by atoms with Gasteiger partial charge in [0.25, 0.3) is 0 Å². The zero-order valence-corrected chi connectivity index (χ0v) is 33.1. The van der Waals surface area contributed by atoms with Gasteiger partial charge in [0, 0.05) is 6.04 Å². The van der Waals surface area contributed by atoms with Crippen molar-refractivity contribution in [2.75, 3.05) is 0 Å². The Kier molecular flexibility index (Phi) is 15.8. The smallest absolute Gasteiger partial charge is 0.407 e. The van der Waals surface area contributed by atoms with Crippen molar-refractivity contribution in [1.29, 1.82) is 0 Å². The topological polar surface area (TPSA) is 82.8 Å². The highest BCUT2D eigenvalue weighted by Crippen LogP contribution is 2.38. The standard InChI is InChI=1S/C22H31NO3Si.C14H25NOSi.C2H6/c1-17(23-21(24)25-16-18-10-8-7-9-11-18)19-12-14-20(15-13-19)26-27(5,6)22(2,3)4;1-11(15)12-7-9-13(10-8-12)16-17(5,6)14(2,3)4;1-2/h7-15,17H,16H2,1-6H3,(H,23,24);7-11H,15H2,1-6H3;1-2H3/t17-;11-;/m00./s1. The average molecular weight is 667 g/mol. The molecule has 0 spiro atoms. The second kappa shape index (κ2) is 17.7. The van der Waals surface area contributed by atoms with Crippen molar-refractivity contribution in [3.05, 3.63) is 95.6 Å². The van der Waals surface area contributed by atoms with Gasteiger partial charge in [-0.1, -0.05) is 110 Å². The fourth-order valence-corrected chi connectivity index (χ4v) is 5.65. The first kappa shape index (κ1) is 40.9. The molecular weight excluding hydrogens is 605 g/mol. The highest BCUT2D eigenvalue weighted by atomic mass is 28.4. The maximum Gasteiger partial charge on any atom is 0.407 e. The lowest BCUT2D eigenvalue weighted by Gasteiger charge is -2.36. The average Bonchev–Trinajstić information content (AvgIpc) is 2.97. The van der Waals surface area contributed by atoms with E-state index in [1.807, 2.05) is 107 Å². The first-order valence-corrected chi connectivity index (χ1v) is 22.3. The van der Waals surface area contributed by atoms with Gasteiger partial charge in [0.15, 0.2) is 0 Å². The molecule has 3 aromatic carbocycles. The third-order valence-electron chi connectivity index (χ3n) is 8.69. The summed E-state index contributed by atoms with van der Waals surface area (Å²) in [5.74, 6) is 1.84. The van der Waals surface area contributed by atoms with Gasteiger partial charge in [0.2, 0.25) is 16.6 Å². The lowest BCUT2D eigenvalue weighted by molar-refractivity contribution is 0.136. The quantitative estimate of drug-likeness (QED) is 0.222. The molecule has 0 aliphatic carbocycles. The van der Waals surface area contributed by atoms with E-state index in [4.69, 9.17) is 19.3 Å². The number of benzene rings is 3. The molecular formula is C38H62N2O4Si2. The van der Waals surface area contributed by atoms with Crippen LogP contribution in [-0.4, -0.2) is 22.7 Å². The second-order valence-corrected chi connectivity index (χ2v) is 24.0. The highest BCUT2D eigenvalue weighted by molar-refractivity contribution is 6.75. The molecule has 256 valence electrons. The van der Waals surface area contributed by atoms with Gasteiger partial charge in [0.05, 0.1) is 6.04 Å². The molecule has 6 nitrogen and oxygen atoms in total. The molecule has 0 saturated heterocycles. The summed E-state index contributed by atoms with van der Waals surface area (Å²) in [5, 5.41) is 3.25. The van der Waals surface area contributed by atoms with Crippen molar-refractivity contribution in [1.82, 2.24) is 5.32 Å². The Morgan fingerprint density at radius 1 is 0.696 bits per heavy atom. The van der Waals surface area contributed by atoms with Crippen LogP contribution in [0.4, 0.5) is 4.79 Å². The largest absolute Gasteiger partial charge is 0.544 e. The molecule has 0 fully saturated rings. The molecule has 0 aromatic heterocycles. The number of rotatable bonds is 9. The van der Waals surface area contributed by atoms with Crippen molar-refractivity contribution in [3.63, 3.8) is 0 Å². The zero-order valence-electron chi connectivity index (χ0n) is 31.1. The fraction of sp³-hybridized carbons (Fsp3) is 0.500. The van der Waals surface area contributed by atoms with Crippen LogP contribution in [0, 0.1) is 0 Å². The first-order valence-electron chi connectivity index (χ1n) is 16.5. The molecule has 8 heteroatoms. The summed E-state index contributed by atoms with van der Waals surface area (Å²) in [6.07, 6.45) is -0.423. The summed E-state index contributed by atoms with van der Waals surface area (Å²) in [5.41, 5.74) is 8.95. The SMILES string of the molecule is CC.C[C@H](N)c1ccc(O[Si](C)(C)C(C)(C)C)cc1.C[C@H](NC(=O)OCc1ccccc1)c1ccc(O[Si](C)(C)C(C)(C)C)cc1. The number of nitrogens with two attached hydrogens (primary N) is 1. The van der Waals surface area contributed by atoms with Crippen molar-refractivity contribution in [3.8, 4) is 11.5 Å². The van der Waals surface area contributed by atoms with Gasteiger partial charge in [-0.2, -0.15) is 0 Å². The van der Waals surface area contributed by atoms with Gasteiger partial charge in [-0.15, -0.1) is 0 Å². The third kappa shape index (κ3) is 13.3. The lowest BCUT2D eigenvalue weighted by Crippen LogP contribution is -2.43. The predicted molar refractivity (Wildman–Crippen MR) is 201 cm³/mol. The van der Waals surface area contributed by atoms with Gasteiger partial charge in [-0.3, -0.25) is 0 Å². The summed E-state index contributed by atoms with van der Waals surface area (Å²) >= 11 is 0. The zero-order chi connectivity index (χ0) is 35.3. The van der Waals surface area contributed by atoms with Crippen molar-refractivity contribution in [2.45, 2.75) is 124 Å². The maximum atomic E-state index is 12.0. The number of carbonyl (C=O) groups is 1. The van der Waals surface area contributed by atoms with E-state index in [9.17, 15) is 4.79 Å². The van der Waals surface area contributed by atoms with E-state index >= 15 is 0 Å². The molecule has 0 unspecified atom stereocenters. The fourth-order valence-electron chi connectivity index (χ4n) is 3.58. The lowest BCUT2D eigenvalue weighted by atomic mass is 10.1. The Bertz CT molecular complexity index is 1300. The summed E-state index contributed by atoms with van der Waals surface area (Å²) in [6, 6.07) is 25.7. The monoisotopic (exact) mass is 666 g/mol. The number of hydrogen-bond donors (Lipinski definition) is 2. The van der Waals surface area contributed by atoms with Crippen LogP contribution in [0.5, 0.6) is 11.5 Å². The number of nitrogens with one attached hydrogen (secondary N) is 1. The van der Waals surface area contributed by atoms with Crippen LogP contribution in [0.1, 0.15) is 98.0 Å². The molecule has 3 aromatic rings. The van der Waals surface area contributed by atoms with E-state index in [-0.39, 0.29) is 28.8 Å². The first-order chi connectivity index (χ1) is 21.2. The van der Waals surface area contributed by atoms with E-state index in [0.717, 1.165) is 28.2 Å². The molecule has 0 aliphatic rings. The maximum absolute atomic E-state index is 12.0. The summed E-state index contributed by atoms with van der Waals surface area (Å²) in [6.45, 7) is 30.6. The van der Waals surface area contributed by atoms with Gasteiger partial charge < -0.3 is 24.6 Å². The van der Waals surface area contributed by atoms with Crippen LogP contribution in [0.3, 0.4) is 0 Å². The van der Waals surface area contributed by atoms with Gasteiger partial charge >= 0.3 is 6.09 Å². The number of amides is 1. The molecule has 0 heterocycles.